The molecule has 2 aliphatic rings. The van der Waals surface area contributed by atoms with Crippen LogP contribution in [0.2, 0.25) is 0 Å². The average Bonchev–Trinajstić information content (AvgIpc) is 3.06. The maximum absolute atomic E-state index is 10.9. The zero-order chi connectivity index (χ0) is 12.7. The maximum Gasteiger partial charge on any atom is 0.307 e. The van der Waals surface area contributed by atoms with Crippen LogP contribution in [0.3, 0.4) is 0 Å². The van der Waals surface area contributed by atoms with Gasteiger partial charge in [0.25, 0.3) is 0 Å². The second-order valence-corrected chi connectivity index (χ2v) is 5.70. The van der Waals surface area contributed by atoms with Gasteiger partial charge in [0.15, 0.2) is 0 Å². The third kappa shape index (κ3) is 2.15. The van der Waals surface area contributed by atoms with E-state index in [9.17, 15) is 4.79 Å². The van der Waals surface area contributed by atoms with Gasteiger partial charge in [-0.25, -0.2) is 0 Å². The molecule has 1 saturated heterocycles. The Morgan fingerprint density at radius 2 is 2.17 bits per heavy atom. The van der Waals surface area contributed by atoms with Gasteiger partial charge in [0.05, 0.1) is 5.92 Å². The van der Waals surface area contributed by atoms with Crippen molar-refractivity contribution < 1.29 is 9.90 Å². The van der Waals surface area contributed by atoms with Crippen molar-refractivity contribution in [2.24, 2.45) is 5.92 Å². The number of likely N-dealkylation sites (N-methyl/N-ethyl adjacent to an activating group) is 1. The van der Waals surface area contributed by atoms with Crippen molar-refractivity contribution >= 4 is 5.97 Å². The molecule has 1 aliphatic heterocycles. The number of carboxylic acid groups (broad SMARTS) is 1. The number of nitrogens with zero attached hydrogens (tertiary/aromatic N) is 1. The summed E-state index contributed by atoms with van der Waals surface area (Å²) in [5.74, 6) is 0.0797. The van der Waals surface area contributed by atoms with Crippen LogP contribution in [0.1, 0.15) is 35.8 Å². The molecule has 2 fully saturated rings. The Balaban J connectivity index is 1.76. The van der Waals surface area contributed by atoms with E-state index >= 15 is 0 Å². The van der Waals surface area contributed by atoms with E-state index in [1.807, 2.05) is 0 Å². The Morgan fingerprint density at radius 3 is 2.78 bits per heavy atom. The van der Waals surface area contributed by atoms with Crippen LogP contribution in [0, 0.1) is 5.92 Å². The highest BCUT2D eigenvalue weighted by atomic mass is 16.4. The van der Waals surface area contributed by atoms with Gasteiger partial charge < -0.3 is 10.0 Å². The predicted octanol–water partition coefficient (Wildman–Crippen LogP) is 2.29. The summed E-state index contributed by atoms with van der Waals surface area (Å²) in [7, 11) is 2.16. The molecule has 96 valence electrons. The minimum absolute atomic E-state index is 0.147. The molecule has 3 rings (SSSR count). The summed E-state index contributed by atoms with van der Waals surface area (Å²) in [5, 5.41) is 8.99. The van der Waals surface area contributed by atoms with Crippen molar-refractivity contribution in [2.75, 3.05) is 20.1 Å². The summed E-state index contributed by atoms with van der Waals surface area (Å²) < 4.78 is 0. The summed E-state index contributed by atoms with van der Waals surface area (Å²) in [4.78, 5) is 13.3. The fourth-order valence-electron chi connectivity index (χ4n) is 3.09. The molecule has 3 unspecified atom stereocenters. The molecule has 1 aromatic carbocycles. The lowest BCUT2D eigenvalue weighted by atomic mass is 9.95. The first-order valence-corrected chi connectivity index (χ1v) is 6.66. The molecule has 1 aliphatic carbocycles. The second-order valence-electron chi connectivity index (χ2n) is 5.70. The van der Waals surface area contributed by atoms with Gasteiger partial charge in [-0.1, -0.05) is 24.3 Å². The summed E-state index contributed by atoms with van der Waals surface area (Å²) >= 11 is 0. The van der Waals surface area contributed by atoms with Gasteiger partial charge in [-0.15, -0.1) is 0 Å². The van der Waals surface area contributed by atoms with Crippen molar-refractivity contribution in [3.63, 3.8) is 0 Å². The van der Waals surface area contributed by atoms with Crippen LogP contribution in [0.15, 0.2) is 24.3 Å². The van der Waals surface area contributed by atoms with Crippen LogP contribution in [-0.2, 0) is 4.79 Å². The van der Waals surface area contributed by atoms with E-state index in [4.69, 9.17) is 5.11 Å². The predicted molar refractivity (Wildman–Crippen MR) is 69.8 cm³/mol. The Labute approximate surface area is 107 Å². The Morgan fingerprint density at radius 1 is 1.39 bits per heavy atom. The number of hydrogen-bond acceptors (Lipinski definition) is 2. The third-order valence-electron chi connectivity index (χ3n) is 4.31. The molecule has 1 heterocycles. The van der Waals surface area contributed by atoms with Crippen LogP contribution in [0.25, 0.3) is 0 Å². The summed E-state index contributed by atoms with van der Waals surface area (Å²) in [5.41, 5.74) is 2.60. The standard InChI is InChI=1S/C15H19NO2/c1-16-6-5-12(9-16)10-3-2-4-11(7-10)13-8-14(13)15(17)18/h2-4,7,12-14H,5-6,8-9H2,1H3,(H,17,18). The monoisotopic (exact) mass is 245 g/mol. The molecule has 18 heavy (non-hydrogen) atoms. The Bertz CT molecular complexity index is 471. The van der Waals surface area contributed by atoms with Crippen LogP contribution in [-0.4, -0.2) is 36.1 Å². The van der Waals surface area contributed by atoms with E-state index in [1.54, 1.807) is 0 Å². The number of rotatable bonds is 3. The Hall–Kier alpha value is -1.35. The van der Waals surface area contributed by atoms with Crippen LogP contribution < -0.4 is 0 Å². The number of likely N-dealkylation sites (tertiary alicyclic amines) is 1. The summed E-state index contributed by atoms with van der Waals surface area (Å²) in [6.07, 6.45) is 2.02. The van der Waals surface area contributed by atoms with Crippen molar-refractivity contribution in [1.29, 1.82) is 0 Å². The molecule has 0 spiro atoms. The normalized spacial score (nSPS) is 31.5. The molecule has 3 atom stereocenters. The van der Waals surface area contributed by atoms with E-state index in [0.29, 0.717) is 5.92 Å². The first-order chi connectivity index (χ1) is 8.65. The first-order valence-electron chi connectivity index (χ1n) is 6.66. The van der Waals surface area contributed by atoms with Gasteiger partial charge in [0.2, 0.25) is 0 Å². The summed E-state index contributed by atoms with van der Waals surface area (Å²) in [6.45, 7) is 2.28. The quantitative estimate of drug-likeness (QED) is 0.888. The lowest BCUT2D eigenvalue weighted by Crippen LogP contribution is -2.13. The number of hydrogen-bond donors (Lipinski definition) is 1. The molecule has 3 nitrogen and oxygen atoms in total. The van der Waals surface area contributed by atoms with E-state index < -0.39 is 5.97 Å². The van der Waals surface area contributed by atoms with Crippen LogP contribution in [0.5, 0.6) is 0 Å². The first kappa shape index (κ1) is 11.7. The molecule has 0 radical (unpaired) electrons. The largest absolute Gasteiger partial charge is 0.481 e. The van der Waals surface area contributed by atoms with Gasteiger partial charge in [-0.05, 0) is 49.4 Å². The van der Waals surface area contributed by atoms with Gasteiger partial charge in [-0.2, -0.15) is 0 Å². The molecule has 1 aromatic rings. The van der Waals surface area contributed by atoms with Gasteiger partial charge in [0.1, 0.15) is 0 Å². The van der Waals surface area contributed by atoms with Crippen molar-refractivity contribution in [2.45, 2.75) is 24.7 Å². The molecule has 1 saturated carbocycles. The lowest BCUT2D eigenvalue weighted by molar-refractivity contribution is -0.138. The molecule has 1 N–H and O–H groups in total. The van der Waals surface area contributed by atoms with Crippen molar-refractivity contribution in [1.82, 2.24) is 4.90 Å². The molecule has 0 bridgehead atoms. The second kappa shape index (κ2) is 4.39. The fourth-order valence-corrected chi connectivity index (χ4v) is 3.09. The fraction of sp³-hybridized carbons (Fsp3) is 0.533. The summed E-state index contributed by atoms with van der Waals surface area (Å²) in [6, 6.07) is 8.58. The molecule has 0 aromatic heterocycles. The molecule has 0 amide bonds. The van der Waals surface area contributed by atoms with Gasteiger partial charge in [0, 0.05) is 6.54 Å². The molecule has 3 heteroatoms. The average molecular weight is 245 g/mol. The van der Waals surface area contributed by atoms with E-state index in [1.165, 1.54) is 17.5 Å². The van der Waals surface area contributed by atoms with Gasteiger partial charge >= 0.3 is 5.97 Å². The third-order valence-corrected chi connectivity index (χ3v) is 4.31. The highest BCUT2D eigenvalue weighted by molar-refractivity contribution is 5.75. The van der Waals surface area contributed by atoms with E-state index in [-0.39, 0.29) is 11.8 Å². The van der Waals surface area contributed by atoms with Crippen LogP contribution >= 0.6 is 0 Å². The number of carboxylic acids is 1. The highest BCUT2D eigenvalue weighted by Crippen LogP contribution is 2.48. The Kier molecular flexibility index (Phi) is 2.86. The smallest absolute Gasteiger partial charge is 0.307 e. The number of aliphatic carboxylic acids is 1. The molecular weight excluding hydrogens is 226 g/mol. The van der Waals surface area contributed by atoms with E-state index in [2.05, 4.69) is 36.2 Å². The minimum Gasteiger partial charge on any atom is -0.481 e. The van der Waals surface area contributed by atoms with E-state index in [0.717, 1.165) is 19.5 Å². The minimum atomic E-state index is -0.647. The maximum atomic E-state index is 10.9. The zero-order valence-electron chi connectivity index (χ0n) is 10.7. The topological polar surface area (TPSA) is 40.5 Å². The number of carbonyl (C=O) groups is 1. The van der Waals surface area contributed by atoms with Crippen molar-refractivity contribution in [3.8, 4) is 0 Å². The lowest BCUT2D eigenvalue weighted by Gasteiger charge is -2.12. The SMILES string of the molecule is CN1CCC(c2cccc(C3CC3C(=O)O)c2)C1. The number of benzene rings is 1. The molecular formula is C15H19NO2. The van der Waals surface area contributed by atoms with Crippen molar-refractivity contribution in [3.05, 3.63) is 35.4 Å². The zero-order valence-corrected chi connectivity index (χ0v) is 10.7. The highest BCUT2D eigenvalue weighted by Gasteiger charge is 2.44. The van der Waals surface area contributed by atoms with Gasteiger partial charge in [-0.3, -0.25) is 4.79 Å². The van der Waals surface area contributed by atoms with Crippen LogP contribution in [0.4, 0.5) is 0 Å².